The van der Waals surface area contributed by atoms with Crippen molar-refractivity contribution in [2.45, 2.75) is 37.0 Å². The minimum Gasteiger partial charge on any atom is -0.310 e. The van der Waals surface area contributed by atoms with E-state index in [4.69, 9.17) is 0 Å². The average Bonchev–Trinajstić information content (AvgIpc) is 3.66. The maximum atomic E-state index is 12.6. The number of pyridine rings is 2. The Kier molecular flexibility index (Phi) is 3.24. The first kappa shape index (κ1) is 16.7. The number of hydrogen-bond donors (Lipinski definition) is 1. The van der Waals surface area contributed by atoms with Crippen LogP contribution in [-0.4, -0.2) is 15.9 Å². The van der Waals surface area contributed by atoms with Gasteiger partial charge in [-0.05, 0) is 66.3 Å². The molecule has 0 unspecified atom stereocenters. The Balaban J connectivity index is 1.23. The highest BCUT2D eigenvalue weighted by molar-refractivity contribution is 5.96. The number of benzene rings is 1. The van der Waals surface area contributed by atoms with Crippen molar-refractivity contribution in [1.29, 1.82) is 5.26 Å². The van der Waals surface area contributed by atoms with Crippen molar-refractivity contribution in [2.75, 3.05) is 5.32 Å². The Hall–Kier alpha value is -3.26. The molecule has 3 atom stereocenters. The molecular formula is C24H20N4O. The predicted molar refractivity (Wildman–Crippen MR) is 109 cm³/mol. The molecule has 2 heterocycles. The maximum absolute atomic E-state index is 12.6. The molecule has 0 radical (unpaired) electrons. The summed E-state index contributed by atoms with van der Waals surface area (Å²) < 4.78 is 0. The molecule has 2 aromatic heterocycles. The number of amides is 1. The van der Waals surface area contributed by atoms with E-state index in [9.17, 15) is 10.1 Å². The summed E-state index contributed by atoms with van der Waals surface area (Å²) in [7, 11) is 0. The van der Waals surface area contributed by atoms with Crippen LogP contribution in [-0.2, 0) is 10.2 Å². The van der Waals surface area contributed by atoms with Crippen molar-refractivity contribution in [3.63, 3.8) is 0 Å². The number of rotatable bonds is 4. The van der Waals surface area contributed by atoms with Gasteiger partial charge < -0.3 is 5.32 Å². The Bertz CT molecular complexity index is 1190. The van der Waals surface area contributed by atoms with E-state index in [0.29, 0.717) is 5.82 Å². The van der Waals surface area contributed by atoms with Crippen LogP contribution in [0, 0.1) is 22.7 Å². The monoisotopic (exact) mass is 380 g/mol. The fourth-order valence-corrected chi connectivity index (χ4v) is 4.95. The van der Waals surface area contributed by atoms with Gasteiger partial charge >= 0.3 is 0 Å². The van der Waals surface area contributed by atoms with Gasteiger partial charge in [0.1, 0.15) is 5.82 Å². The summed E-state index contributed by atoms with van der Waals surface area (Å²) >= 11 is 0. The SMILES string of the molecule is N#C[C@]1(c2ccc3cnc(NC(=O)[C@H]4C[C@@H]4c4ccccn4)cc3c2)CC12CC2. The second kappa shape index (κ2) is 5.64. The van der Waals surface area contributed by atoms with Crippen LogP contribution in [0.4, 0.5) is 5.82 Å². The number of anilines is 1. The number of carbonyl (C=O) groups excluding carboxylic acids is 1. The molecule has 6 rings (SSSR count). The van der Waals surface area contributed by atoms with Crippen molar-refractivity contribution in [1.82, 2.24) is 9.97 Å². The van der Waals surface area contributed by atoms with E-state index in [1.165, 1.54) is 0 Å². The number of nitrogens with zero attached hydrogens (tertiary/aromatic N) is 3. The molecule has 0 bridgehead atoms. The van der Waals surface area contributed by atoms with Gasteiger partial charge in [-0.1, -0.05) is 18.2 Å². The molecular weight excluding hydrogens is 360 g/mol. The van der Waals surface area contributed by atoms with E-state index in [2.05, 4.69) is 33.5 Å². The van der Waals surface area contributed by atoms with E-state index in [1.54, 1.807) is 12.4 Å². The molecule has 1 amide bonds. The van der Waals surface area contributed by atoms with Gasteiger partial charge in [0, 0.05) is 35.3 Å². The smallest absolute Gasteiger partial charge is 0.229 e. The van der Waals surface area contributed by atoms with Crippen LogP contribution >= 0.6 is 0 Å². The van der Waals surface area contributed by atoms with Crippen LogP contribution < -0.4 is 5.32 Å². The molecule has 29 heavy (non-hydrogen) atoms. The van der Waals surface area contributed by atoms with E-state index < -0.39 is 0 Å². The summed E-state index contributed by atoms with van der Waals surface area (Å²) in [6, 6.07) is 16.5. The van der Waals surface area contributed by atoms with Crippen LogP contribution in [0.3, 0.4) is 0 Å². The lowest BCUT2D eigenvalue weighted by atomic mass is 9.92. The van der Waals surface area contributed by atoms with Crippen LogP contribution in [0.25, 0.3) is 10.8 Å². The lowest BCUT2D eigenvalue weighted by Gasteiger charge is -2.11. The van der Waals surface area contributed by atoms with Gasteiger partial charge in [-0.3, -0.25) is 9.78 Å². The molecule has 142 valence electrons. The third-order valence-corrected chi connectivity index (χ3v) is 7.09. The molecule has 1 N–H and O–H groups in total. The summed E-state index contributed by atoms with van der Waals surface area (Å²) in [5.41, 5.74) is 2.01. The molecule has 5 heteroatoms. The highest BCUT2D eigenvalue weighted by Crippen LogP contribution is 2.78. The third kappa shape index (κ3) is 2.49. The van der Waals surface area contributed by atoms with Crippen molar-refractivity contribution in [3.05, 3.63) is 66.1 Å². The van der Waals surface area contributed by atoms with E-state index in [1.807, 2.05) is 30.3 Å². The largest absolute Gasteiger partial charge is 0.310 e. The van der Waals surface area contributed by atoms with Gasteiger partial charge in [0.25, 0.3) is 0 Å². The van der Waals surface area contributed by atoms with Gasteiger partial charge in [0.2, 0.25) is 5.91 Å². The van der Waals surface area contributed by atoms with E-state index >= 15 is 0 Å². The fourth-order valence-electron chi connectivity index (χ4n) is 4.95. The zero-order valence-electron chi connectivity index (χ0n) is 15.9. The highest BCUT2D eigenvalue weighted by Gasteiger charge is 2.75. The molecule has 3 aromatic rings. The van der Waals surface area contributed by atoms with Crippen molar-refractivity contribution in [2.24, 2.45) is 11.3 Å². The normalized spacial score (nSPS) is 28.0. The standard InChI is InChI=1S/C24H20N4O/c25-14-24(13-23(24)6-7-23)17-5-4-15-12-27-21(10-16(15)9-17)28-22(29)19-11-18(19)20-3-1-2-8-26-20/h1-5,8-10,12,18-19H,6-7,11,13H2,(H,27,28,29)/t18-,19-,24-/m0/s1. The Labute approximate surface area is 168 Å². The van der Waals surface area contributed by atoms with Crippen molar-refractivity contribution >= 4 is 22.5 Å². The topological polar surface area (TPSA) is 78.7 Å². The number of carbonyl (C=O) groups is 1. The molecule has 3 aliphatic carbocycles. The van der Waals surface area contributed by atoms with E-state index in [0.717, 1.165) is 47.7 Å². The minimum atomic E-state index is -0.308. The average molecular weight is 380 g/mol. The van der Waals surface area contributed by atoms with Gasteiger partial charge in [0.05, 0.1) is 11.5 Å². The van der Waals surface area contributed by atoms with Gasteiger partial charge in [0.15, 0.2) is 0 Å². The number of hydrogen-bond acceptors (Lipinski definition) is 4. The summed E-state index contributed by atoms with van der Waals surface area (Å²) in [6.07, 6.45) is 7.69. The summed E-state index contributed by atoms with van der Waals surface area (Å²) in [5.74, 6) is 0.714. The zero-order valence-corrected chi connectivity index (χ0v) is 15.9. The van der Waals surface area contributed by atoms with Gasteiger partial charge in [-0.25, -0.2) is 4.98 Å². The van der Waals surface area contributed by atoms with Crippen LogP contribution in [0.2, 0.25) is 0 Å². The summed E-state index contributed by atoms with van der Waals surface area (Å²) in [6.45, 7) is 0. The minimum absolute atomic E-state index is 0.00345. The Morgan fingerprint density at radius 1 is 1.14 bits per heavy atom. The highest BCUT2D eigenvalue weighted by atomic mass is 16.2. The van der Waals surface area contributed by atoms with Crippen LogP contribution in [0.5, 0.6) is 0 Å². The Morgan fingerprint density at radius 2 is 2.03 bits per heavy atom. The number of nitrogens with one attached hydrogen (secondary N) is 1. The molecule has 0 aliphatic heterocycles. The van der Waals surface area contributed by atoms with Gasteiger partial charge in [-0.15, -0.1) is 0 Å². The number of nitriles is 1. The lowest BCUT2D eigenvalue weighted by Crippen LogP contribution is -2.15. The number of aromatic nitrogens is 2. The maximum Gasteiger partial charge on any atom is 0.229 e. The molecule has 1 aromatic carbocycles. The molecule has 3 saturated carbocycles. The van der Waals surface area contributed by atoms with E-state index in [-0.39, 0.29) is 28.6 Å². The first-order chi connectivity index (χ1) is 14.1. The second-order valence-corrected chi connectivity index (χ2v) is 8.80. The predicted octanol–water partition coefficient (Wildman–Crippen LogP) is 4.32. The molecule has 3 fully saturated rings. The lowest BCUT2D eigenvalue weighted by molar-refractivity contribution is -0.117. The summed E-state index contributed by atoms with van der Waals surface area (Å²) in [5, 5.41) is 14.8. The zero-order chi connectivity index (χ0) is 19.6. The molecule has 1 spiro atoms. The fraction of sp³-hybridized carbons (Fsp3) is 0.333. The van der Waals surface area contributed by atoms with Crippen molar-refractivity contribution < 1.29 is 4.79 Å². The third-order valence-electron chi connectivity index (χ3n) is 7.09. The molecule has 5 nitrogen and oxygen atoms in total. The first-order valence-corrected chi connectivity index (χ1v) is 10.2. The Morgan fingerprint density at radius 3 is 2.76 bits per heavy atom. The summed E-state index contributed by atoms with van der Waals surface area (Å²) in [4.78, 5) is 21.4. The quantitative estimate of drug-likeness (QED) is 0.731. The number of fused-ring (bicyclic) bond motifs is 1. The van der Waals surface area contributed by atoms with Crippen LogP contribution in [0.15, 0.2) is 54.9 Å². The molecule has 0 saturated heterocycles. The first-order valence-electron chi connectivity index (χ1n) is 10.2. The molecule has 3 aliphatic rings. The second-order valence-electron chi connectivity index (χ2n) is 8.80. The van der Waals surface area contributed by atoms with Gasteiger partial charge in [-0.2, -0.15) is 5.26 Å². The van der Waals surface area contributed by atoms with Crippen molar-refractivity contribution in [3.8, 4) is 6.07 Å². The van der Waals surface area contributed by atoms with Crippen LogP contribution in [0.1, 0.15) is 42.9 Å².